The third kappa shape index (κ3) is 3.07. The van der Waals surface area contributed by atoms with E-state index in [0.717, 1.165) is 6.42 Å². The van der Waals surface area contributed by atoms with Gasteiger partial charge in [-0.1, -0.05) is 6.92 Å². The van der Waals surface area contributed by atoms with Crippen molar-refractivity contribution in [3.63, 3.8) is 0 Å². The van der Waals surface area contributed by atoms with Crippen molar-refractivity contribution in [3.05, 3.63) is 28.1 Å². The Morgan fingerprint density at radius 2 is 2.28 bits per heavy atom. The summed E-state index contributed by atoms with van der Waals surface area (Å²) in [6.45, 7) is 3.30. The van der Waals surface area contributed by atoms with Crippen LogP contribution >= 0.6 is 0 Å². The maximum absolute atomic E-state index is 12.1. The van der Waals surface area contributed by atoms with Crippen molar-refractivity contribution < 1.29 is 9.72 Å². The number of hydrogen-bond acceptors (Lipinski definition) is 4. The summed E-state index contributed by atoms with van der Waals surface area (Å²) < 4.78 is 1.62. The zero-order chi connectivity index (χ0) is 13.7. The molecule has 18 heavy (non-hydrogen) atoms. The van der Waals surface area contributed by atoms with Crippen molar-refractivity contribution >= 4 is 11.6 Å². The molecule has 1 amide bonds. The second-order valence-electron chi connectivity index (χ2n) is 4.05. The van der Waals surface area contributed by atoms with Crippen molar-refractivity contribution in [1.29, 1.82) is 0 Å². The Bertz CT molecular complexity index is 441. The van der Waals surface area contributed by atoms with E-state index >= 15 is 0 Å². The first-order chi connectivity index (χ1) is 8.51. The smallest absolute Gasteiger partial charge is 0.287 e. The van der Waals surface area contributed by atoms with E-state index < -0.39 is 4.92 Å². The van der Waals surface area contributed by atoms with Gasteiger partial charge in [0.25, 0.3) is 11.6 Å². The van der Waals surface area contributed by atoms with E-state index in [0.29, 0.717) is 25.3 Å². The molecule has 0 spiro atoms. The molecule has 0 fully saturated rings. The van der Waals surface area contributed by atoms with Gasteiger partial charge in [-0.3, -0.25) is 14.9 Å². The van der Waals surface area contributed by atoms with E-state index in [1.165, 1.54) is 17.2 Å². The summed E-state index contributed by atoms with van der Waals surface area (Å²) in [6, 6.07) is 1.31. The summed E-state index contributed by atoms with van der Waals surface area (Å²) in [4.78, 5) is 23.8. The Hall–Kier alpha value is -1.89. The lowest BCUT2D eigenvalue weighted by molar-refractivity contribution is -0.384. The molecule has 0 unspecified atom stereocenters. The number of likely N-dealkylation sites (N-methyl/N-ethyl adjacent to an activating group) is 1. The second kappa shape index (κ2) is 6.15. The molecule has 0 aliphatic rings. The SMILES string of the molecule is CCCn1cc([N+](=O)[O-])cc1C(=O)N(C)CCN. The fraction of sp³-hybridized carbons (Fsp3) is 0.545. The van der Waals surface area contributed by atoms with Crippen LogP contribution in [0.5, 0.6) is 0 Å². The summed E-state index contributed by atoms with van der Waals surface area (Å²) in [6.07, 6.45) is 2.19. The molecule has 2 N–H and O–H groups in total. The normalized spacial score (nSPS) is 10.4. The van der Waals surface area contributed by atoms with E-state index in [-0.39, 0.29) is 11.6 Å². The van der Waals surface area contributed by atoms with Crippen LogP contribution in [0.25, 0.3) is 0 Å². The first kappa shape index (κ1) is 14.2. The summed E-state index contributed by atoms with van der Waals surface area (Å²) in [7, 11) is 1.63. The Morgan fingerprint density at radius 3 is 2.78 bits per heavy atom. The molecule has 100 valence electrons. The summed E-state index contributed by atoms with van der Waals surface area (Å²) >= 11 is 0. The van der Waals surface area contributed by atoms with Gasteiger partial charge in [-0.25, -0.2) is 0 Å². The van der Waals surface area contributed by atoms with Crippen LogP contribution in [0.2, 0.25) is 0 Å². The average molecular weight is 254 g/mol. The molecule has 0 aliphatic carbocycles. The predicted octanol–water partition coefficient (Wildman–Crippen LogP) is 0.837. The molecule has 0 atom stereocenters. The molecule has 0 aromatic carbocycles. The van der Waals surface area contributed by atoms with E-state index in [9.17, 15) is 14.9 Å². The molecule has 0 saturated carbocycles. The number of nitrogens with zero attached hydrogens (tertiary/aromatic N) is 3. The number of carbonyl (C=O) groups is 1. The number of aromatic nitrogens is 1. The zero-order valence-electron chi connectivity index (χ0n) is 10.6. The average Bonchev–Trinajstić information content (AvgIpc) is 2.73. The molecule has 1 heterocycles. The van der Waals surface area contributed by atoms with Gasteiger partial charge in [0.2, 0.25) is 0 Å². The Balaban J connectivity index is 3.05. The zero-order valence-corrected chi connectivity index (χ0v) is 10.6. The highest BCUT2D eigenvalue weighted by molar-refractivity contribution is 5.93. The first-order valence-corrected chi connectivity index (χ1v) is 5.81. The first-order valence-electron chi connectivity index (χ1n) is 5.81. The molecule has 0 saturated heterocycles. The van der Waals surface area contributed by atoms with E-state index in [1.807, 2.05) is 6.92 Å². The van der Waals surface area contributed by atoms with Crippen molar-refractivity contribution in [2.45, 2.75) is 19.9 Å². The minimum absolute atomic E-state index is 0.0621. The van der Waals surface area contributed by atoms with Crippen LogP contribution in [0.1, 0.15) is 23.8 Å². The van der Waals surface area contributed by atoms with Crippen LogP contribution in [-0.2, 0) is 6.54 Å². The summed E-state index contributed by atoms with van der Waals surface area (Å²) in [5, 5.41) is 10.7. The number of carbonyl (C=O) groups excluding carboxylic acids is 1. The molecule has 0 aliphatic heterocycles. The number of aryl methyl sites for hydroxylation is 1. The van der Waals surface area contributed by atoms with Crippen molar-refractivity contribution in [1.82, 2.24) is 9.47 Å². The van der Waals surface area contributed by atoms with Crippen LogP contribution in [0, 0.1) is 10.1 Å². The fourth-order valence-electron chi connectivity index (χ4n) is 1.69. The van der Waals surface area contributed by atoms with E-state index in [2.05, 4.69) is 0 Å². The highest BCUT2D eigenvalue weighted by Gasteiger charge is 2.21. The predicted molar refractivity (Wildman–Crippen MR) is 67.4 cm³/mol. The quantitative estimate of drug-likeness (QED) is 0.601. The maximum Gasteiger partial charge on any atom is 0.287 e. The molecule has 0 radical (unpaired) electrons. The van der Waals surface area contributed by atoms with E-state index in [4.69, 9.17) is 5.73 Å². The standard InChI is InChI=1S/C11H18N4O3/c1-3-5-14-8-9(15(17)18)7-10(14)11(16)13(2)6-4-12/h7-8H,3-6,12H2,1-2H3. The Labute approximate surface area is 105 Å². The number of amides is 1. The molecular formula is C11H18N4O3. The van der Waals surface area contributed by atoms with Gasteiger partial charge in [0.05, 0.1) is 11.1 Å². The largest absolute Gasteiger partial charge is 0.339 e. The maximum atomic E-state index is 12.1. The number of hydrogen-bond donors (Lipinski definition) is 1. The van der Waals surface area contributed by atoms with Crippen LogP contribution in [0.15, 0.2) is 12.3 Å². The Kier molecular flexibility index (Phi) is 4.85. The van der Waals surface area contributed by atoms with Gasteiger partial charge in [-0.2, -0.15) is 0 Å². The van der Waals surface area contributed by atoms with Gasteiger partial charge in [0.15, 0.2) is 0 Å². The number of nitro groups is 1. The topological polar surface area (TPSA) is 94.4 Å². The fourth-order valence-corrected chi connectivity index (χ4v) is 1.69. The molecule has 7 nitrogen and oxygen atoms in total. The highest BCUT2D eigenvalue weighted by Crippen LogP contribution is 2.18. The second-order valence-corrected chi connectivity index (χ2v) is 4.05. The van der Waals surface area contributed by atoms with Gasteiger partial charge < -0.3 is 15.2 Å². The van der Waals surface area contributed by atoms with Gasteiger partial charge in [0.1, 0.15) is 5.69 Å². The van der Waals surface area contributed by atoms with Crippen LogP contribution < -0.4 is 5.73 Å². The van der Waals surface area contributed by atoms with E-state index in [1.54, 1.807) is 11.6 Å². The lowest BCUT2D eigenvalue weighted by atomic mass is 10.3. The van der Waals surface area contributed by atoms with Gasteiger partial charge in [0, 0.05) is 32.7 Å². The minimum Gasteiger partial charge on any atom is -0.339 e. The Morgan fingerprint density at radius 1 is 1.61 bits per heavy atom. The van der Waals surface area contributed by atoms with Gasteiger partial charge in [-0.05, 0) is 6.42 Å². The third-order valence-electron chi connectivity index (χ3n) is 2.59. The number of rotatable bonds is 6. The van der Waals surface area contributed by atoms with Crippen molar-refractivity contribution in [3.8, 4) is 0 Å². The minimum atomic E-state index is -0.494. The lowest BCUT2D eigenvalue weighted by Crippen LogP contribution is -2.33. The van der Waals surface area contributed by atoms with Crippen LogP contribution in [0.3, 0.4) is 0 Å². The molecule has 1 aromatic heterocycles. The summed E-state index contributed by atoms with van der Waals surface area (Å²) in [5.74, 6) is -0.248. The number of nitrogens with two attached hydrogens (primary N) is 1. The monoisotopic (exact) mass is 254 g/mol. The van der Waals surface area contributed by atoms with Crippen molar-refractivity contribution in [2.24, 2.45) is 5.73 Å². The molecule has 1 aromatic rings. The molecular weight excluding hydrogens is 236 g/mol. The molecule has 7 heteroatoms. The summed E-state index contributed by atoms with van der Waals surface area (Å²) in [5.41, 5.74) is 5.66. The molecule has 0 bridgehead atoms. The van der Waals surface area contributed by atoms with Crippen LogP contribution in [0.4, 0.5) is 5.69 Å². The van der Waals surface area contributed by atoms with Gasteiger partial charge >= 0.3 is 0 Å². The highest BCUT2D eigenvalue weighted by atomic mass is 16.6. The van der Waals surface area contributed by atoms with Gasteiger partial charge in [-0.15, -0.1) is 0 Å². The van der Waals surface area contributed by atoms with Crippen molar-refractivity contribution in [2.75, 3.05) is 20.1 Å². The molecule has 1 rings (SSSR count). The van der Waals surface area contributed by atoms with Crippen LogP contribution in [-0.4, -0.2) is 40.4 Å². The lowest BCUT2D eigenvalue weighted by Gasteiger charge is -2.16. The third-order valence-corrected chi connectivity index (χ3v) is 2.59.